The lowest BCUT2D eigenvalue weighted by molar-refractivity contribution is 0.262. The first kappa shape index (κ1) is 16.0. The molecule has 0 atom stereocenters. The summed E-state index contributed by atoms with van der Waals surface area (Å²) < 4.78 is 0. The van der Waals surface area contributed by atoms with Crippen molar-refractivity contribution in [3.63, 3.8) is 0 Å². The maximum atomic E-state index is 2.63. The molecule has 0 spiro atoms. The van der Waals surface area contributed by atoms with Crippen LogP contribution in [0.25, 0.3) is 5.57 Å². The van der Waals surface area contributed by atoms with Gasteiger partial charge in [0.15, 0.2) is 0 Å². The van der Waals surface area contributed by atoms with Crippen molar-refractivity contribution in [3.05, 3.63) is 77.4 Å². The van der Waals surface area contributed by atoms with Gasteiger partial charge in [0.25, 0.3) is 0 Å². The van der Waals surface area contributed by atoms with Gasteiger partial charge in [-0.25, -0.2) is 0 Å². The molecule has 1 fully saturated rings. The lowest BCUT2D eigenvalue weighted by Crippen LogP contribution is -2.32. The highest BCUT2D eigenvalue weighted by Crippen LogP contribution is 2.31. The molecule has 0 aromatic heterocycles. The molecule has 0 radical (unpaired) electrons. The quantitative estimate of drug-likeness (QED) is 0.716. The SMILES string of the molecule is CCCCN1CCCC(=C(c2ccccc2)c2ccccc2)C1. The predicted molar refractivity (Wildman–Crippen MR) is 99.5 cm³/mol. The second-order valence-corrected chi connectivity index (χ2v) is 6.44. The van der Waals surface area contributed by atoms with Crippen molar-refractivity contribution in [2.75, 3.05) is 19.6 Å². The Morgan fingerprint density at radius 3 is 2.09 bits per heavy atom. The first-order valence-corrected chi connectivity index (χ1v) is 8.93. The summed E-state index contributed by atoms with van der Waals surface area (Å²) >= 11 is 0. The van der Waals surface area contributed by atoms with Crippen LogP contribution < -0.4 is 0 Å². The molecule has 3 rings (SSSR count). The molecule has 1 nitrogen and oxygen atoms in total. The highest BCUT2D eigenvalue weighted by Gasteiger charge is 2.18. The Labute approximate surface area is 140 Å². The largest absolute Gasteiger partial charge is 0.299 e. The summed E-state index contributed by atoms with van der Waals surface area (Å²) in [5, 5.41) is 0. The first-order valence-electron chi connectivity index (χ1n) is 8.93. The Morgan fingerprint density at radius 1 is 0.913 bits per heavy atom. The molecule has 0 saturated carbocycles. The summed E-state index contributed by atoms with van der Waals surface area (Å²) in [6.07, 6.45) is 5.09. The monoisotopic (exact) mass is 305 g/mol. The van der Waals surface area contributed by atoms with E-state index < -0.39 is 0 Å². The van der Waals surface area contributed by atoms with E-state index in [1.807, 2.05) is 0 Å². The number of nitrogens with zero attached hydrogens (tertiary/aromatic N) is 1. The predicted octanol–water partition coefficient (Wildman–Crippen LogP) is 5.38. The molecule has 1 aliphatic heterocycles. The van der Waals surface area contributed by atoms with Crippen LogP contribution in [0.5, 0.6) is 0 Å². The van der Waals surface area contributed by atoms with E-state index in [1.165, 1.54) is 55.5 Å². The van der Waals surface area contributed by atoms with Crippen molar-refractivity contribution < 1.29 is 0 Å². The summed E-state index contributed by atoms with van der Waals surface area (Å²) in [5.74, 6) is 0. The highest BCUT2D eigenvalue weighted by molar-refractivity contribution is 5.82. The maximum Gasteiger partial charge on any atom is 0.0202 e. The van der Waals surface area contributed by atoms with E-state index in [0.29, 0.717) is 0 Å². The van der Waals surface area contributed by atoms with Crippen molar-refractivity contribution >= 4 is 5.57 Å². The molecule has 0 bridgehead atoms. The van der Waals surface area contributed by atoms with Crippen molar-refractivity contribution in [1.29, 1.82) is 0 Å². The van der Waals surface area contributed by atoms with Crippen LogP contribution in [0.2, 0.25) is 0 Å². The average Bonchev–Trinajstić information content (AvgIpc) is 2.62. The third-order valence-electron chi connectivity index (χ3n) is 4.67. The number of hydrogen-bond acceptors (Lipinski definition) is 1. The number of likely N-dealkylation sites (tertiary alicyclic amines) is 1. The number of benzene rings is 2. The lowest BCUT2D eigenvalue weighted by Gasteiger charge is -2.30. The van der Waals surface area contributed by atoms with Crippen LogP contribution in [0.1, 0.15) is 43.7 Å². The minimum atomic E-state index is 1.12. The van der Waals surface area contributed by atoms with Gasteiger partial charge in [0.1, 0.15) is 0 Å². The summed E-state index contributed by atoms with van der Waals surface area (Å²) in [4.78, 5) is 2.63. The number of hydrogen-bond donors (Lipinski definition) is 0. The molecule has 120 valence electrons. The standard InChI is InChI=1S/C22H27N/c1-2-3-16-23-17-10-15-21(18-23)22(19-11-6-4-7-12-19)20-13-8-5-9-14-20/h4-9,11-14H,2-3,10,15-18H2,1H3. The van der Waals surface area contributed by atoms with Crippen molar-refractivity contribution in [2.45, 2.75) is 32.6 Å². The smallest absolute Gasteiger partial charge is 0.0202 e. The van der Waals surface area contributed by atoms with Crippen molar-refractivity contribution in [2.24, 2.45) is 0 Å². The average molecular weight is 305 g/mol. The van der Waals surface area contributed by atoms with Crippen molar-refractivity contribution in [3.8, 4) is 0 Å². The highest BCUT2D eigenvalue weighted by atomic mass is 15.1. The van der Waals surface area contributed by atoms with Gasteiger partial charge in [-0.1, -0.05) is 74.0 Å². The molecule has 1 heterocycles. The van der Waals surface area contributed by atoms with E-state index in [9.17, 15) is 0 Å². The normalized spacial score (nSPS) is 15.6. The molecule has 0 aliphatic carbocycles. The summed E-state index contributed by atoms with van der Waals surface area (Å²) in [5.41, 5.74) is 5.76. The van der Waals surface area contributed by atoms with Gasteiger partial charge in [-0.15, -0.1) is 0 Å². The zero-order valence-corrected chi connectivity index (χ0v) is 14.2. The fraction of sp³-hybridized carbons (Fsp3) is 0.364. The van der Waals surface area contributed by atoms with E-state index >= 15 is 0 Å². The van der Waals surface area contributed by atoms with Crippen LogP contribution in [-0.4, -0.2) is 24.5 Å². The minimum Gasteiger partial charge on any atom is -0.299 e. The topological polar surface area (TPSA) is 3.24 Å². The molecule has 2 aromatic carbocycles. The fourth-order valence-electron chi connectivity index (χ4n) is 3.51. The lowest BCUT2D eigenvalue weighted by atomic mass is 9.89. The zero-order chi connectivity index (χ0) is 15.9. The Balaban J connectivity index is 1.97. The summed E-state index contributed by atoms with van der Waals surface area (Å²) in [6.45, 7) is 5.89. The molecule has 2 aromatic rings. The molecule has 0 N–H and O–H groups in total. The Morgan fingerprint density at radius 2 is 1.52 bits per heavy atom. The molecular weight excluding hydrogens is 278 g/mol. The second kappa shape index (κ2) is 8.12. The van der Waals surface area contributed by atoms with Crippen LogP contribution in [0.4, 0.5) is 0 Å². The van der Waals surface area contributed by atoms with Gasteiger partial charge >= 0.3 is 0 Å². The zero-order valence-electron chi connectivity index (χ0n) is 14.2. The van der Waals surface area contributed by atoms with Gasteiger partial charge in [0.05, 0.1) is 0 Å². The molecule has 23 heavy (non-hydrogen) atoms. The Hall–Kier alpha value is -1.86. The number of rotatable bonds is 5. The van der Waals surface area contributed by atoms with Crippen LogP contribution in [0, 0.1) is 0 Å². The third kappa shape index (κ3) is 4.11. The molecule has 0 unspecified atom stereocenters. The van der Waals surface area contributed by atoms with Crippen LogP contribution in [-0.2, 0) is 0 Å². The van der Waals surface area contributed by atoms with Gasteiger partial charge in [0.2, 0.25) is 0 Å². The fourth-order valence-corrected chi connectivity index (χ4v) is 3.51. The van der Waals surface area contributed by atoms with Gasteiger partial charge in [0, 0.05) is 6.54 Å². The van der Waals surface area contributed by atoms with Gasteiger partial charge in [-0.2, -0.15) is 0 Å². The third-order valence-corrected chi connectivity index (χ3v) is 4.67. The van der Waals surface area contributed by atoms with Crippen molar-refractivity contribution in [1.82, 2.24) is 4.90 Å². The summed E-state index contributed by atoms with van der Waals surface area (Å²) in [6, 6.07) is 21.8. The van der Waals surface area contributed by atoms with E-state index in [-0.39, 0.29) is 0 Å². The maximum absolute atomic E-state index is 2.63. The number of piperidine rings is 1. The Kier molecular flexibility index (Phi) is 5.65. The van der Waals surface area contributed by atoms with Crippen LogP contribution in [0.15, 0.2) is 66.2 Å². The Bertz CT molecular complexity index is 586. The number of unbranched alkanes of at least 4 members (excludes halogenated alkanes) is 1. The van der Waals surface area contributed by atoms with Gasteiger partial charge in [-0.3, -0.25) is 4.90 Å². The first-order chi connectivity index (χ1) is 11.4. The van der Waals surface area contributed by atoms with Crippen LogP contribution in [0.3, 0.4) is 0 Å². The molecular formula is C22H27N. The van der Waals surface area contributed by atoms with E-state index in [1.54, 1.807) is 5.57 Å². The van der Waals surface area contributed by atoms with E-state index in [2.05, 4.69) is 72.5 Å². The molecule has 0 amide bonds. The molecule has 1 heteroatoms. The van der Waals surface area contributed by atoms with Gasteiger partial charge < -0.3 is 0 Å². The van der Waals surface area contributed by atoms with E-state index in [4.69, 9.17) is 0 Å². The minimum absolute atomic E-state index is 1.12. The summed E-state index contributed by atoms with van der Waals surface area (Å²) in [7, 11) is 0. The van der Waals surface area contributed by atoms with Crippen LogP contribution >= 0.6 is 0 Å². The molecule has 1 aliphatic rings. The second-order valence-electron chi connectivity index (χ2n) is 6.44. The van der Waals surface area contributed by atoms with E-state index in [0.717, 1.165) is 6.54 Å². The molecule has 1 saturated heterocycles. The van der Waals surface area contributed by atoms with Gasteiger partial charge in [-0.05, 0) is 54.6 Å².